The SMILES string of the molecule is C=Cc1ccc(C)nc1.C=Cn1c2ccccc2c2ccccc21.CC=C(C)C(=O)N(C#N)C#N. The van der Waals surface area contributed by atoms with Crippen LogP contribution in [-0.4, -0.2) is 20.4 Å². The lowest BCUT2D eigenvalue weighted by molar-refractivity contribution is -0.121. The Labute approximate surface area is 206 Å². The summed E-state index contributed by atoms with van der Waals surface area (Å²) in [5.41, 5.74) is 4.93. The van der Waals surface area contributed by atoms with Crippen LogP contribution < -0.4 is 0 Å². The highest BCUT2D eigenvalue weighted by Crippen LogP contribution is 2.28. The van der Waals surface area contributed by atoms with Gasteiger partial charge in [-0.3, -0.25) is 9.78 Å². The predicted molar refractivity (Wildman–Crippen MR) is 142 cm³/mol. The van der Waals surface area contributed by atoms with Crippen molar-refractivity contribution < 1.29 is 4.79 Å². The monoisotopic (exact) mass is 461 g/mol. The number of carbonyl (C=O) groups excluding carboxylic acids is 1. The molecule has 0 aliphatic carbocycles. The van der Waals surface area contributed by atoms with Gasteiger partial charge in [0.05, 0.1) is 11.0 Å². The Morgan fingerprint density at radius 3 is 1.91 bits per heavy atom. The van der Waals surface area contributed by atoms with Crippen LogP contribution in [0.25, 0.3) is 34.1 Å². The molecule has 0 fully saturated rings. The van der Waals surface area contributed by atoms with E-state index in [1.165, 1.54) is 34.2 Å². The molecule has 2 aromatic heterocycles. The van der Waals surface area contributed by atoms with E-state index < -0.39 is 5.91 Å². The minimum Gasteiger partial charge on any atom is -0.317 e. The second kappa shape index (κ2) is 12.9. The molecule has 0 unspecified atom stereocenters. The van der Waals surface area contributed by atoms with Crippen LogP contribution in [0.5, 0.6) is 0 Å². The highest BCUT2D eigenvalue weighted by molar-refractivity contribution is 6.09. The third-order valence-electron chi connectivity index (χ3n) is 5.14. The number of fused-ring (bicyclic) bond motifs is 3. The summed E-state index contributed by atoms with van der Waals surface area (Å²) in [6.07, 6.45) is 9.90. The van der Waals surface area contributed by atoms with Gasteiger partial charge in [0.2, 0.25) is 12.4 Å². The minimum atomic E-state index is -0.572. The highest BCUT2D eigenvalue weighted by Gasteiger charge is 2.12. The third kappa shape index (κ3) is 6.54. The third-order valence-corrected chi connectivity index (χ3v) is 5.14. The van der Waals surface area contributed by atoms with Crippen molar-refractivity contribution in [2.75, 3.05) is 0 Å². The van der Waals surface area contributed by atoms with Crippen LogP contribution in [-0.2, 0) is 4.79 Å². The number of carbonyl (C=O) groups is 1. The summed E-state index contributed by atoms with van der Waals surface area (Å²) in [6.45, 7) is 12.7. The van der Waals surface area contributed by atoms with Crippen LogP contribution in [0.3, 0.4) is 0 Å². The maximum atomic E-state index is 10.9. The Morgan fingerprint density at radius 1 is 0.971 bits per heavy atom. The van der Waals surface area contributed by atoms with E-state index in [4.69, 9.17) is 10.5 Å². The molecule has 0 saturated carbocycles. The molecule has 0 atom stereocenters. The number of nitriles is 2. The maximum Gasteiger partial charge on any atom is 0.275 e. The van der Waals surface area contributed by atoms with Crippen LogP contribution >= 0.6 is 0 Å². The average Bonchev–Trinajstić information content (AvgIpc) is 3.23. The van der Waals surface area contributed by atoms with Gasteiger partial charge in [0.1, 0.15) is 0 Å². The molecule has 0 aliphatic heterocycles. The first kappa shape index (κ1) is 26.3. The maximum absolute atomic E-state index is 10.9. The topological polar surface area (TPSA) is 85.7 Å². The largest absolute Gasteiger partial charge is 0.317 e. The molecule has 6 heteroatoms. The first-order chi connectivity index (χ1) is 16.9. The molecular formula is C29H27N5O. The zero-order valence-electron chi connectivity index (χ0n) is 20.1. The highest BCUT2D eigenvalue weighted by atomic mass is 16.2. The van der Waals surface area contributed by atoms with Crippen molar-refractivity contribution in [2.45, 2.75) is 20.8 Å². The van der Waals surface area contributed by atoms with Gasteiger partial charge in [0.15, 0.2) is 0 Å². The number of hydrogen-bond acceptors (Lipinski definition) is 4. The summed E-state index contributed by atoms with van der Waals surface area (Å²) in [5.74, 6) is -0.572. The molecular weight excluding hydrogens is 434 g/mol. The van der Waals surface area contributed by atoms with Crippen LogP contribution in [0, 0.1) is 29.8 Å². The molecule has 0 radical (unpaired) electrons. The molecule has 4 rings (SSSR count). The quantitative estimate of drug-likeness (QED) is 0.194. The molecule has 1 amide bonds. The van der Waals surface area contributed by atoms with Gasteiger partial charge in [-0.2, -0.15) is 10.5 Å². The van der Waals surface area contributed by atoms with E-state index in [0.717, 1.165) is 11.3 Å². The van der Waals surface area contributed by atoms with Gasteiger partial charge < -0.3 is 4.57 Å². The summed E-state index contributed by atoms with van der Waals surface area (Å²) in [5, 5.41) is 19.1. The van der Waals surface area contributed by atoms with Crippen molar-refractivity contribution in [1.29, 1.82) is 10.5 Å². The fraction of sp³-hybridized carbons (Fsp3) is 0.103. The number of benzene rings is 2. The zero-order chi connectivity index (χ0) is 25.8. The van der Waals surface area contributed by atoms with Crippen LogP contribution in [0.15, 0.2) is 91.7 Å². The molecule has 0 aliphatic rings. The van der Waals surface area contributed by atoms with Gasteiger partial charge in [-0.15, -0.1) is 4.90 Å². The van der Waals surface area contributed by atoms with Gasteiger partial charge in [0, 0.05) is 34.4 Å². The van der Waals surface area contributed by atoms with Crippen molar-refractivity contribution in [3.63, 3.8) is 0 Å². The standard InChI is InChI=1S/C14H11N.C8H9N.C7H7N3O/c1-2-15-13-9-5-3-7-11(13)12-8-4-6-10-14(12)15;1-3-8-5-4-7(2)9-6-8;1-3-6(2)7(11)10(4-8)5-9/h2-10H,1H2;3-6H,1H2,2H3;3H,1-2H3. The van der Waals surface area contributed by atoms with Crippen LogP contribution in [0.1, 0.15) is 25.1 Å². The number of aromatic nitrogens is 2. The van der Waals surface area contributed by atoms with Crippen LogP contribution in [0.2, 0.25) is 0 Å². The lowest BCUT2D eigenvalue weighted by atomic mass is 10.2. The molecule has 4 aromatic rings. The Morgan fingerprint density at radius 2 is 1.51 bits per heavy atom. The van der Waals surface area contributed by atoms with Crippen molar-refractivity contribution in [2.24, 2.45) is 0 Å². The molecule has 0 N–H and O–H groups in total. The Kier molecular flexibility index (Phi) is 9.72. The molecule has 174 valence electrons. The van der Waals surface area contributed by atoms with Gasteiger partial charge >= 0.3 is 0 Å². The number of para-hydroxylation sites is 2. The first-order valence-electron chi connectivity index (χ1n) is 10.8. The summed E-state index contributed by atoms with van der Waals surface area (Å²) in [4.78, 5) is 15.5. The summed E-state index contributed by atoms with van der Waals surface area (Å²) >= 11 is 0. The Hall–Kier alpha value is -4.94. The predicted octanol–water partition coefficient (Wildman–Crippen LogP) is 6.67. The van der Waals surface area contributed by atoms with Crippen molar-refractivity contribution in [3.8, 4) is 12.4 Å². The van der Waals surface area contributed by atoms with E-state index in [0.29, 0.717) is 10.5 Å². The van der Waals surface area contributed by atoms with Crippen molar-refractivity contribution >= 4 is 40.0 Å². The first-order valence-corrected chi connectivity index (χ1v) is 10.8. The number of hydrogen-bond donors (Lipinski definition) is 0. The van der Waals surface area contributed by atoms with Gasteiger partial charge in [-0.05, 0) is 44.5 Å². The minimum absolute atomic E-state index is 0.383. The Balaban J connectivity index is 0.000000194. The van der Waals surface area contributed by atoms with E-state index in [1.807, 2.05) is 31.5 Å². The van der Waals surface area contributed by atoms with Gasteiger partial charge in [-0.25, -0.2) is 0 Å². The second-order valence-corrected chi connectivity index (χ2v) is 7.34. The lowest BCUT2D eigenvalue weighted by Gasteiger charge is -2.01. The molecule has 2 heterocycles. The second-order valence-electron chi connectivity index (χ2n) is 7.34. The number of aryl methyl sites for hydroxylation is 1. The molecule has 35 heavy (non-hydrogen) atoms. The van der Waals surface area contributed by atoms with E-state index in [-0.39, 0.29) is 0 Å². The molecule has 6 nitrogen and oxygen atoms in total. The smallest absolute Gasteiger partial charge is 0.275 e. The number of allylic oxidation sites excluding steroid dienone is 1. The molecule has 0 spiro atoms. The molecule has 2 aromatic carbocycles. The summed E-state index contributed by atoms with van der Waals surface area (Å²) in [7, 11) is 0. The van der Waals surface area contributed by atoms with E-state index >= 15 is 0 Å². The van der Waals surface area contributed by atoms with E-state index in [9.17, 15) is 4.79 Å². The average molecular weight is 462 g/mol. The van der Waals surface area contributed by atoms with E-state index in [1.54, 1.807) is 26.0 Å². The van der Waals surface area contributed by atoms with Gasteiger partial charge in [0.25, 0.3) is 5.91 Å². The zero-order valence-corrected chi connectivity index (χ0v) is 20.1. The normalized spacial score (nSPS) is 10.0. The number of pyridine rings is 1. The number of amides is 1. The Bertz CT molecular complexity index is 1380. The van der Waals surface area contributed by atoms with E-state index in [2.05, 4.69) is 71.2 Å². The molecule has 0 bridgehead atoms. The fourth-order valence-electron chi connectivity index (χ4n) is 3.16. The van der Waals surface area contributed by atoms with Crippen molar-refractivity contribution in [3.05, 3.63) is 103 Å². The number of nitrogens with zero attached hydrogens (tertiary/aromatic N) is 5. The van der Waals surface area contributed by atoms with Crippen molar-refractivity contribution in [1.82, 2.24) is 14.5 Å². The fourth-order valence-corrected chi connectivity index (χ4v) is 3.16. The summed E-state index contributed by atoms with van der Waals surface area (Å²) < 4.78 is 2.13. The summed E-state index contributed by atoms with van der Waals surface area (Å²) in [6, 6.07) is 20.8. The van der Waals surface area contributed by atoms with Gasteiger partial charge in [-0.1, -0.05) is 67.8 Å². The lowest BCUT2D eigenvalue weighted by Crippen LogP contribution is -2.21. The van der Waals surface area contributed by atoms with Crippen LogP contribution in [0.4, 0.5) is 0 Å². The number of rotatable bonds is 3. The molecule has 0 saturated heterocycles.